The molecule has 0 radical (unpaired) electrons. The number of fused-ring (bicyclic) bond motifs is 3. The molecule has 2 aromatic heterocycles. The summed E-state index contributed by atoms with van der Waals surface area (Å²) in [6.07, 6.45) is 5.68. The van der Waals surface area contributed by atoms with Gasteiger partial charge in [-0.2, -0.15) is 14.6 Å². The van der Waals surface area contributed by atoms with Gasteiger partial charge in [0, 0.05) is 23.6 Å². The van der Waals surface area contributed by atoms with Crippen molar-refractivity contribution in [2.24, 2.45) is 12.1 Å². The van der Waals surface area contributed by atoms with Gasteiger partial charge < -0.3 is 4.57 Å². The molecule has 1 aliphatic carbocycles. The molecule has 0 fully saturated rings. The predicted molar refractivity (Wildman–Crippen MR) is 102 cm³/mol. The van der Waals surface area contributed by atoms with E-state index in [1.54, 1.807) is 6.92 Å². The molecule has 0 unspecified atom stereocenters. The Bertz CT molecular complexity index is 1050. The van der Waals surface area contributed by atoms with Crippen molar-refractivity contribution >= 4 is 23.0 Å². The van der Waals surface area contributed by atoms with E-state index < -0.39 is 5.95 Å². The van der Waals surface area contributed by atoms with Crippen LogP contribution in [0.3, 0.4) is 0 Å². The maximum absolute atomic E-state index is 13.9. The Hall–Kier alpha value is -2.96. The molecule has 1 aromatic carbocycles. The number of rotatable bonds is 4. The molecule has 7 heteroatoms. The lowest BCUT2D eigenvalue weighted by atomic mass is 9.96. The van der Waals surface area contributed by atoms with E-state index in [0.717, 1.165) is 29.5 Å². The Morgan fingerprint density at radius 3 is 2.89 bits per heavy atom. The first-order chi connectivity index (χ1) is 13.1. The van der Waals surface area contributed by atoms with E-state index in [-0.39, 0.29) is 18.0 Å². The number of aromatic nitrogens is 3. The van der Waals surface area contributed by atoms with E-state index in [2.05, 4.69) is 32.3 Å². The zero-order valence-corrected chi connectivity index (χ0v) is 15.5. The molecule has 3 aromatic rings. The molecule has 1 aliphatic rings. The minimum atomic E-state index is -0.476. The number of para-hydroxylation sites is 1. The maximum Gasteiger partial charge on any atom is 0.259 e. The van der Waals surface area contributed by atoms with Crippen LogP contribution in [0.1, 0.15) is 35.4 Å². The van der Waals surface area contributed by atoms with Gasteiger partial charge in [-0.15, -0.1) is 0 Å². The first-order valence-corrected chi connectivity index (χ1v) is 9.16. The second-order valence-electron chi connectivity index (χ2n) is 6.94. The van der Waals surface area contributed by atoms with Crippen molar-refractivity contribution in [2.45, 2.75) is 39.2 Å². The molecule has 0 spiro atoms. The van der Waals surface area contributed by atoms with Crippen LogP contribution in [0.15, 0.2) is 29.4 Å². The minimum absolute atomic E-state index is 0.196. The average molecular weight is 367 g/mol. The number of amides is 1. The molecule has 6 nitrogen and oxygen atoms in total. The second-order valence-corrected chi connectivity index (χ2v) is 6.94. The van der Waals surface area contributed by atoms with Crippen LogP contribution in [0.2, 0.25) is 0 Å². The Morgan fingerprint density at radius 2 is 2.11 bits per heavy atom. The van der Waals surface area contributed by atoms with Crippen molar-refractivity contribution in [3.8, 4) is 0 Å². The van der Waals surface area contributed by atoms with Crippen molar-refractivity contribution in [1.29, 1.82) is 0 Å². The number of carbonyl (C=O) groups is 1. The maximum atomic E-state index is 13.9. The van der Waals surface area contributed by atoms with Crippen LogP contribution in [-0.2, 0) is 31.2 Å². The Labute approximate surface area is 156 Å². The van der Waals surface area contributed by atoms with Gasteiger partial charge in [-0.3, -0.25) is 4.79 Å². The number of carbonyl (C=O) groups excluding carboxylic acids is 1. The van der Waals surface area contributed by atoms with Crippen LogP contribution in [0.4, 0.5) is 4.39 Å². The van der Waals surface area contributed by atoms with Crippen molar-refractivity contribution in [1.82, 2.24) is 19.8 Å². The van der Waals surface area contributed by atoms with Crippen molar-refractivity contribution < 1.29 is 9.18 Å². The number of halogens is 1. The van der Waals surface area contributed by atoms with Gasteiger partial charge in [-0.1, -0.05) is 18.2 Å². The molecule has 1 amide bonds. The van der Waals surface area contributed by atoms with Gasteiger partial charge in [0.15, 0.2) is 0 Å². The summed E-state index contributed by atoms with van der Waals surface area (Å²) in [6.45, 7) is 1.90. The van der Waals surface area contributed by atoms with Crippen LogP contribution in [0.5, 0.6) is 0 Å². The van der Waals surface area contributed by atoms with Crippen LogP contribution in [0.25, 0.3) is 10.9 Å². The van der Waals surface area contributed by atoms with E-state index in [4.69, 9.17) is 0 Å². The topological polar surface area (TPSA) is 64.2 Å². The number of aryl methyl sites for hydroxylation is 3. The largest absolute Gasteiger partial charge is 0.335 e. The summed E-state index contributed by atoms with van der Waals surface area (Å²) in [7, 11) is 1.53. The number of hydrazone groups is 1. The van der Waals surface area contributed by atoms with Crippen LogP contribution in [0, 0.1) is 12.9 Å². The summed E-state index contributed by atoms with van der Waals surface area (Å²) in [6, 6.07) is 8.21. The van der Waals surface area contributed by atoms with E-state index in [9.17, 15) is 9.18 Å². The van der Waals surface area contributed by atoms with Crippen LogP contribution in [-0.4, -0.2) is 26.5 Å². The van der Waals surface area contributed by atoms with Crippen molar-refractivity contribution in [3.63, 3.8) is 0 Å². The molecule has 0 bridgehead atoms. The highest BCUT2D eigenvalue weighted by atomic mass is 19.1. The van der Waals surface area contributed by atoms with Gasteiger partial charge in [0.1, 0.15) is 6.54 Å². The lowest BCUT2D eigenvalue weighted by Gasteiger charge is -2.15. The molecule has 140 valence electrons. The van der Waals surface area contributed by atoms with Crippen LogP contribution >= 0.6 is 0 Å². The SMILES string of the molecule is Cc1nn(C)c(F)c1C=NNC(=O)Cn1c2c(c3ccccc31)CCCC2. The van der Waals surface area contributed by atoms with Gasteiger partial charge in [-0.25, -0.2) is 10.1 Å². The van der Waals surface area contributed by atoms with Gasteiger partial charge in [0.2, 0.25) is 5.95 Å². The molecule has 0 aliphatic heterocycles. The summed E-state index contributed by atoms with van der Waals surface area (Å²) in [4.78, 5) is 12.4. The quantitative estimate of drug-likeness (QED) is 0.569. The van der Waals surface area contributed by atoms with E-state index in [1.807, 2.05) is 12.1 Å². The lowest BCUT2D eigenvalue weighted by Crippen LogP contribution is -2.24. The fraction of sp³-hybridized carbons (Fsp3) is 0.350. The zero-order valence-electron chi connectivity index (χ0n) is 15.5. The third-order valence-corrected chi connectivity index (χ3v) is 5.17. The average Bonchev–Trinajstić information content (AvgIpc) is 3.11. The summed E-state index contributed by atoms with van der Waals surface area (Å²) >= 11 is 0. The zero-order chi connectivity index (χ0) is 19.0. The number of benzene rings is 1. The number of hydrogen-bond acceptors (Lipinski definition) is 3. The van der Waals surface area contributed by atoms with Gasteiger partial charge >= 0.3 is 0 Å². The highest BCUT2D eigenvalue weighted by Crippen LogP contribution is 2.31. The molecule has 0 saturated heterocycles. The summed E-state index contributed by atoms with van der Waals surface area (Å²) in [5, 5.41) is 9.14. The molecule has 27 heavy (non-hydrogen) atoms. The normalized spacial score (nSPS) is 14.0. The fourth-order valence-electron chi connectivity index (χ4n) is 3.91. The third kappa shape index (κ3) is 3.13. The summed E-state index contributed by atoms with van der Waals surface area (Å²) in [5.74, 6) is -0.710. The second kappa shape index (κ2) is 6.98. The predicted octanol–water partition coefficient (Wildman–Crippen LogP) is 2.85. The standard InChI is InChI=1S/C20H22FN5O/c1-13-16(20(21)25(2)24-13)11-22-23-19(27)12-26-17-9-5-3-7-14(17)15-8-4-6-10-18(15)26/h3,5,7,9,11H,4,6,8,10,12H2,1-2H3,(H,23,27). The van der Waals surface area contributed by atoms with Gasteiger partial charge in [0.05, 0.1) is 17.5 Å². The van der Waals surface area contributed by atoms with Crippen molar-refractivity contribution in [2.75, 3.05) is 0 Å². The van der Waals surface area contributed by atoms with Crippen molar-refractivity contribution in [3.05, 3.63) is 52.7 Å². The molecule has 0 saturated carbocycles. The smallest absolute Gasteiger partial charge is 0.259 e. The Kier molecular flexibility index (Phi) is 4.51. The van der Waals surface area contributed by atoms with E-state index in [1.165, 1.54) is 36.3 Å². The highest BCUT2D eigenvalue weighted by molar-refractivity contribution is 5.88. The molecular formula is C20H22FN5O. The fourth-order valence-corrected chi connectivity index (χ4v) is 3.91. The molecule has 1 N–H and O–H groups in total. The number of nitrogens with one attached hydrogen (secondary N) is 1. The van der Waals surface area contributed by atoms with E-state index in [0.29, 0.717) is 5.69 Å². The van der Waals surface area contributed by atoms with E-state index >= 15 is 0 Å². The molecular weight excluding hydrogens is 345 g/mol. The molecule has 0 atom stereocenters. The first kappa shape index (κ1) is 17.5. The van der Waals surface area contributed by atoms with Crippen LogP contribution < -0.4 is 5.43 Å². The third-order valence-electron chi connectivity index (χ3n) is 5.17. The number of nitrogens with zero attached hydrogens (tertiary/aromatic N) is 4. The summed E-state index contributed by atoms with van der Waals surface area (Å²) < 4.78 is 17.1. The van der Waals surface area contributed by atoms with Gasteiger partial charge in [-0.05, 0) is 44.2 Å². The summed E-state index contributed by atoms with van der Waals surface area (Å²) in [5.41, 5.74) is 7.01. The molecule has 2 heterocycles. The monoisotopic (exact) mass is 367 g/mol. The highest BCUT2D eigenvalue weighted by Gasteiger charge is 2.20. The minimum Gasteiger partial charge on any atom is -0.335 e. The van der Waals surface area contributed by atoms with Gasteiger partial charge in [0.25, 0.3) is 5.91 Å². The molecule has 4 rings (SSSR count). The number of hydrogen-bond donors (Lipinski definition) is 1. The Balaban J connectivity index is 1.54. The lowest BCUT2D eigenvalue weighted by molar-refractivity contribution is -0.121. The first-order valence-electron chi connectivity index (χ1n) is 9.16. The Morgan fingerprint density at radius 1 is 1.33 bits per heavy atom.